The number of hydrogen-bond donors (Lipinski definition) is 1. The summed E-state index contributed by atoms with van der Waals surface area (Å²) in [5.41, 5.74) is 3.04. The topological polar surface area (TPSA) is 20.3 Å². The molecular formula is C13H16ClNOS. The Hall–Kier alpha value is -0.670. The Morgan fingerprint density at radius 2 is 2.18 bits per heavy atom. The molecule has 1 aromatic carbocycles. The quantitative estimate of drug-likeness (QED) is 0.818. The van der Waals surface area contributed by atoms with E-state index in [4.69, 9.17) is 11.6 Å². The molecule has 92 valence electrons. The molecule has 0 spiro atoms. The van der Waals surface area contributed by atoms with Crippen LogP contribution in [0.1, 0.15) is 17.5 Å². The molecular weight excluding hydrogens is 254 g/mol. The smallest absolute Gasteiger partial charge is 0.227 e. The zero-order valence-electron chi connectivity index (χ0n) is 10.0. The van der Waals surface area contributed by atoms with Gasteiger partial charge in [-0.1, -0.05) is 17.7 Å². The molecule has 1 aromatic rings. The highest BCUT2D eigenvalue weighted by molar-refractivity contribution is 7.80. The summed E-state index contributed by atoms with van der Waals surface area (Å²) in [6.07, 6.45) is 0.577. The van der Waals surface area contributed by atoms with Crippen molar-refractivity contribution in [3.63, 3.8) is 0 Å². The van der Waals surface area contributed by atoms with Crippen molar-refractivity contribution in [2.75, 3.05) is 17.2 Å². The molecule has 0 saturated carbocycles. The summed E-state index contributed by atoms with van der Waals surface area (Å²) >= 11 is 10.5. The van der Waals surface area contributed by atoms with Gasteiger partial charge in [-0.05, 0) is 42.7 Å². The average Bonchev–Trinajstić information content (AvgIpc) is 2.59. The molecule has 2 nitrogen and oxygen atoms in total. The molecule has 17 heavy (non-hydrogen) atoms. The molecule has 1 heterocycles. The zero-order chi connectivity index (χ0) is 12.6. The fourth-order valence-electron chi connectivity index (χ4n) is 2.37. The lowest BCUT2D eigenvalue weighted by molar-refractivity contribution is -0.117. The number of anilines is 1. The van der Waals surface area contributed by atoms with Crippen LogP contribution in [0, 0.1) is 19.8 Å². The number of carbonyl (C=O) groups is 1. The van der Waals surface area contributed by atoms with E-state index in [0.717, 1.165) is 29.1 Å². The summed E-state index contributed by atoms with van der Waals surface area (Å²) in [7, 11) is 0. The average molecular weight is 270 g/mol. The number of thiol groups is 1. The van der Waals surface area contributed by atoms with Gasteiger partial charge in [-0.2, -0.15) is 12.6 Å². The maximum absolute atomic E-state index is 12.0. The molecule has 1 atom stereocenters. The van der Waals surface area contributed by atoms with Crippen molar-refractivity contribution >= 4 is 35.8 Å². The first-order chi connectivity index (χ1) is 8.02. The van der Waals surface area contributed by atoms with Gasteiger partial charge in [-0.25, -0.2) is 0 Å². The maximum atomic E-state index is 12.0. The van der Waals surface area contributed by atoms with Crippen molar-refractivity contribution in [2.45, 2.75) is 20.3 Å². The van der Waals surface area contributed by atoms with Crippen molar-refractivity contribution in [3.8, 4) is 0 Å². The molecule has 0 N–H and O–H groups in total. The number of carbonyl (C=O) groups excluding carboxylic acids is 1. The molecule has 1 saturated heterocycles. The molecule has 1 unspecified atom stereocenters. The third kappa shape index (κ3) is 2.45. The predicted octanol–water partition coefficient (Wildman–Crippen LogP) is 3.24. The van der Waals surface area contributed by atoms with E-state index in [1.54, 1.807) is 4.90 Å². The molecule has 2 rings (SSSR count). The van der Waals surface area contributed by atoms with Gasteiger partial charge in [-0.3, -0.25) is 4.79 Å². The number of benzene rings is 1. The molecule has 1 aliphatic heterocycles. The highest BCUT2D eigenvalue weighted by atomic mass is 35.5. The van der Waals surface area contributed by atoms with Gasteiger partial charge >= 0.3 is 0 Å². The Kier molecular flexibility index (Phi) is 3.69. The maximum Gasteiger partial charge on any atom is 0.227 e. The lowest BCUT2D eigenvalue weighted by Gasteiger charge is -2.21. The first-order valence-corrected chi connectivity index (χ1v) is 6.72. The highest BCUT2D eigenvalue weighted by Gasteiger charge is 2.31. The van der Waals surface area contributed by atoms with Crippen molar-refractivity contribution < 1.29 is 4.79 Å². The van der Waals surface area contributed by atoms with Crippen molar-refractivity contribution in [1.82, 2.24) is 0 Å². The fraction of sp³-hybridized carbons (Fsp3) is 0.462. The molecule has 1 amide bonds. The van der Waals surface area contributed by atoms with Crippen LogP contribution < -0.4 is 4.90 Å². The van der Waals surface area contributed by atoms with Crippen LogP contribution in [0.3, 0.4) is 0 Å². The van der Waals surface area contributed by atoms with Gasteiger partial charge in [0.05, 0.1) is 10.7 Å². The van der Waals surface area contributed by atoms with Crippen molar-refractivity contribution in [1.29, 1.82) is 0 Å². The van der Waals surface area contributed by atoms with Crippen LogP contribution in [-0.2, 0) is 4.79 Å². The number of hydrogen-bond acceptors (Lipinski definition) is 2. The van der Waals surface area contributed by atoms with Gasteiger partial charge < -0.3 is 4.90 Å². The molecule has 4 heteroatoms. The Bertz CT molecular complexity index is 438. The molecule has 0 aromatic heterocycles. The number of rotatable bonds is 2. The van der Waals surface area contributed by atoms with Gasteiger partial charge in [0.1, 0.15) is 0 Å². The van der Waals surface area contributed by atoms with Crippen LogP contribution >= 0.6 is 24.2 Å². The number of nitrogens with zero attached hydrogens (tertiary/aromatic N) is 1. The zero-order valence-corrected chi connectivity index (χ0v) is 11.7. The second-order valence-corrected chi connectivity index (χ2v) is 5.44. The van der Waals surface area contributed by atoms with Crippen LogP contribution in [0.5, 0.6) is 0 Å². The van der Waals surface area contributed by atoms with Crippen LogP contribution in [0.25, 0.3) is 0 Å². The molecule has 0 aliphatic carbocycles. The minimum Gasteiger partial charge on any atom is -0.310 e. The summed E-state index contributed by atoms with van der Waals surface area (Å²) in [5, 5.41) is 0.663. The summed E-state index contributed by atoms with van der Waals surface area (Å²) in [6.45, 7) is 4.73. The highest BCUT2D eigenvalue weighted by Crippen LogP contribution is 2.35. The minimum absolute atomic E-state index is 0.151. The van der Waals surface area contributed by atoms with E-state index >= 15 is 0 Å². The van der Waals surface area contributed by atoms with E-state index in [-0.39, 0.29) is 5.91 Å². The Labute approximate surface area is 112 Å². The molecule has 0 bridgehead atoms. The largest absolute Gasteiger partial charge is 0.310 e. The number of amides is 1. The first kappa shape index (κ1) is 12.8. The normalized spacial score (nSPS) is 20.1. The standard InChI is InChI=1S/C13H16ClNOS/c1-8-3-9(2)13(11(14)4-8)15-6-10(7-17)5-12(15)16/h3-4,10,17H,5-7H2,1-2H3. The summed E-state index contributed by atoms with van der Waals surface area (Å²) in [4.78, 5) is 13.8. The Morgan fingerprint density at radius 1 is 1.47 bits per heavy atom. The third-order valence-electron chi connectivity index (χ3n) is 3.13. The van der Waals surface area contributed by atoms with Crippen molar-refractivity contribution in [3.05, 3.63) is 28.3 Å². The second-order valence-electron chi connectivity index (χ2n) is 4.67. The Morgan fingerprint density at radius 3 is 2.71 bits per heavy atom. The third-order valence-corrected chi connectivity index (χ3v) is 3.94. The van der Waals surface area contributed by atoms with Crippen molar-refractivity contribution in [2.24, 2.45) is 5.92 Å². The number of aryl methyl sites for hydroxylation is 2. The number of halogens is 1. The summed E-state index contributed by atoms with van der Waals surface area (Å²) in [6, 6.07) is 3.97. The van der Waals surface area contributed by atoms with E-state index in [1.165, 1.54) is 0 Å². The molecule has 1 fully saturated rings. The first-order valence-electron chi connectivity index (χ1n) is 5.71. The van der Waals surface area contributed by atoms with E-state index in [9.17, 15) is 4.79 Å². The molecule has 0 radical (unpaired) electrons. The van der Waals surface area contributed by atoms with E-state index in [2.05, 4.69) is 18.7 Å². The van der Waals surface area contributed by atoms with E-state index < -0.39 is 0 Å². The monoisotopic (exact) mass is 269 g/mol. The van der Waals surface area contributed by atoms with Crippen LogP contribution in [0.2, 0.25) is 5.02 Å². The summed E-state index contributed by atoms with van der Waals surface area (Å²) in [5.74, 6) is 1.23. The van der Waals surface area contributed by atoms with Gasteiger partial charge in [0.2, 0.25) is 5.91 Å². The lowest BCUT2D eigenvalue weighted by Crippen LogP contribution is -2.25. The van der Waals surface area contributed by atoms with E-state index in [0.29, 0.717) is 17.4 Å². The molecule has 1 aliphatic rings. The SMILES string of the molecule is Cc1cc(C)c(N2CC(CS)CC2=O)c(Cl)c1. The van der Waals surface area contributed by atoms with Crippen LogP contribution in [0.4, 0.5) is 5.69 Å². The fourth-order valence-corrected chi connectivity index (χ4v) is 3.04. The second kappa shape index (κ2) is 4.91. The van der Waals surface area contributed by atoms with Crippen LogP contribution in [-0.4, -0.2) is 18.2 Å². The van der Waals surface area contributed by atoms with Gasteiger partial charge in [-0.15, -0.1) is 0 Å². The lowest BCUT2D eigenvalue weighted by atomic mass is 10.1. The van der Waals surface area contributed by atoms with Gasteiger partial charge in [0.25, 0.3) is 0 Å². The van der Waals surface area contributed by atoms with Gasteiger partial charge in [0.15, 0.2) is 0 Å². The van der Waals surface area contributed by atoms with E-state index in [1.807, 2.05) is 19.9 Å². The van der Waals surface area contributed by atoms with Crippen LogP contribution in [0.15, 0.2) is 12.1 Å². The summed E-state index contributed by atoms with van der Waals surface area (Å²) < 4.78 is 0. The Balaban J connectivity index is 2.38. The van der Waals surface area contributed by atoms with Gasteiger partial charge in [0, 0.05) is 13.0 Å². The minimum atomic E-state index is 0.151. The predicted molar refractivity (Wildman–Crippen MR) is 75.2 cm³/mol.